The standard InChI is InChI=1S/C17H14BrN3O3/c1-2-24-12-6-3-10(4-7-12)16(22)21-20-15-13-9-11(18)5-8-14(13)19-17(15)23/h3-9,19,23H,2H2,1H3. The molecule has 1 heterocycles. The fourth-order valence-corrected chi connectivity index (χ4v) is 2.61. The number of aromatic nitrogens is 1. The van der Waals surface area contributed by atoms with E-state index in [0.29, 0.717) is 28.8 Å². The molecule has 0 aliphatic heterocycles. The Morgan fingerprint density at radius 3 is 2.71 bits per heavy atom. The van der Waals surface area contributed by atoms with E-state index in [1.165, 1.54) is 0 Å². The van der Waals surface area contributed by atoms with Gasteiger partial charge in [-0.3, -0.25) is 4.79 Å². The Hall–Kier alpha value is -2.67. The van der Waals surface area contributed by atoms with Gasteiger partial charge in [0, 0.05) is 15.4 Å². The molecular weight excluding hydrogens is 374 g/mol. The average Bonchev–Trinajstić information content (AvgIpc) is 2.88. The van der Waals surface area contributed by atoms with Crippen LogP contribution >= 0.6 is 15.9 Å². The normalized spacial score (nSPS) is 11.2. The van der Waals surface area contributed by atoms with Crippen molar-refractivity contribution in [1.29, 1.82) is 0 Å². The monoisotopic (exact) mass is 387 g/mol. The maximum absolute atomic E-state index is 12.1. The zero-order valence-corrected chi connectivity index (χ0v) is 14.4. The molecule has 0 spiro atoms. The second-order valence-corrected chi connectivity index (χ2v) is 5.89. The van der Waals surface area contributed by atoms with Gasteiger partial charge < -0.3 is 14.8 Å². The first-order valence-electron chi connectivity index (χ1n) is 7.27. The molecule has 24 heavy (non-hydrogen) atoms. The van der Waals surface area contributed by atoms with E-state index in [4.69, 9.17) is 4.74 Å². The van der Waals surface area contributed by atoms with E-state index < -0.39 is 5.91 Å². The molecule has 0 aliphatic rings. The van der Waals surface area contributed by atoms with Gasteiger partial charge in [0.05, 0.1) is 12.1 Å². The molecule has 3 aromatic rings. The van der Waals surface area contributed by atoms with Crippen LogP contribution in [0.15, 0.2) is 57.2 Å². The third-order valence-electron chi connectivity index (χ3n) is 3.37. The van der Waals surface area contributed by atoms with Crippen LogP contribution in [0, 0.1) is 0 Å². The zero-order valence-electron chi connectivity index (χ0n) is 12.8. The van der Waals surface area contributed by atoms with E-state index in [1.807, 2.05) is 13.0 Å². The predicted octanol–water partition coefficient (Wildman–Crippen LogP) is 4.96. The fraction of sp³-hybridized carbons (Fsp3) is 0.118. The predicted molar refractivity (Wildman–Crippen MR) is 94.1 cm³/mol. The molecule has 122 valence electrons. The van der Waals surface area contributed by atoms with Crippen LogP contribution < -0.4 is 4.74 Å². The SMILES string of the molecule is CCOc1ccc(C(=O)N=Nc2c(O)[nH]c3ccc(Br)cc23)cc1. The third-order valence-corrected chi connectivity index (χ3v) is 3.86. The van der Waals surface area contributed by atoms with Crippen molar-refractivity contribution in [3.8, 4) is 11.6 Å². The summed E-state index contributed by atoms with van der Waals surface area (Å²) in [6, 6.07) is 12.1. The maximum atomic E-state index is 12.1. The number of hydrogen-bond donors (Lipinski definition) is 2. The molecule has 0 unspecified atom stereocenters. The molecule has 1 aromatic heterocycles. The molecule has 7 heteroatoms. The average molecular weight is 388 g/mol. The minimum atomic E-state index is -0.498. The molecule has 0 saturated carbocycles. The van der Waals surface area contributed by atoms with Crippen LogP contribution in [0.4, 0.5) is 5.69 Å². The van der Waals surface area contributed by atoms with Crippen molar-refractivity contribution in [2.45, 2.75) is 6.92 Å². The lowest BCUT2D eigenvalue weighted by Gasteiger charge is -2.02. The molecule has 0 fully saturated rings. The Morgan fingerprint density at radius 1 is 1.25 bits per heavy atom. The number of rotatable bonds is 4. The Kier molecular flexibility index (Phi) is 4.61. The van der Waals surface area contributed by atoms with Gasteiger partial charge in [-0.25, -0.2) is 0 Å². The Morgan fingerprint density at radius 2 is 2.00 bits per heavy atom. The minimum absolute atomic E-state index is 0.133. The molecule has 6 nitrogen and oxygen atoms in total. The van der Waals surface area contributed by atoms with Crippen LogP contribution in [-0.2, 0) is 0 Å². The van der Waals surface area contributed by atoms with Gasteiger partial charge in [-0.2, -0.15) is 0 Å². The summed E-state index contributed by atoms with van der Waals surface area (Å²) >= 11 is 3.37. The van der Waals surface area contributed by atoms with Gasteiger partial charge in [0.1, 0.15) is 5.75 Å². The number of azo groups is 1. The summed E-state index contributed by atoms with van der Waals surface area (Å²) in [7, 11) is 0. The summed E-state index contributed by atoms with van der Waals surface area (Å²) in [5.74, 6) is 0.0539. The number of fused-ring (bicyclic) bond motifs is 1. The first kappa shape index (κ1) is 16.2. The number of carbonyl (C=O) groups excluding carboxylic acids is 1. The van der Waals surface area contributed by atoms with Crippen LogP contribution in [0.3, 0.4) is 0 Å². The second-order valence-electron chi connectivity index (χ2n) is 4.97. The summed E-state index contributed by atoms with van der Waals surface area (Å²) in [5, 5.41) is 18.2. The van der Waals surface area contributed by atoms with Crippen molar-refractivity contribution in [3.63, 3.8) is 0 Å². The summed E-state index contributed by atoms with van der Waals surface area (Å²) < 4.78 is 6.16. The van der Waals surface area contributed by atoms with Gasteiger partial charge in [-0.05, 0) is 49.4 Å². The van der Waals surface area contributed by atoms with E-state index in [2.05, 4.69) is 31.1 Å². The van der Waals surface area contributed by atoms with Crippen molar-refractivity contribution >= 4 is 38.4 Å². The molecule has 2 aromatic carbocycles. The molecule has 0 aliphatic carbocycles. The largest absolute Gasteiger partial charge is 0.494 e. The number of carbonyl (C=O) groups is 1. The van der Waals surface area contributed by atoms with E-state index in [9.17, 15) is 9.90 Å². The number of ether oxygens (including phenoxy) is 1. The molecule has 0 bridgehead atoms. The van der Waals surface area contributed by atoms with Crippen molar-refractivity contribution < 1.29 is 14.6 Å². The van der Waals surface area contributed by atoms with Gasteiger partial charge in [0.15, 0.2) is 5.69 Å². The maximum Gasteiger partial charge on any atom is 0.295 e. The number of nitrogens with zero attached hydrogens (tertiary/aromatic N) is 2. The number of halogens is 1. The van der Waals surface area contributed by atoms with E-state index >= 15 is 0 Å². The van der Waals surface area contributed by atoms with Gasteiger partial charge in [0.2, 0.25) is 5.88 Å². The van der Waals surface area contributed by atoms with E-state index in [1.54, 1.807) is 36.4 Å². The van der Waals surface area contributed by atoms with Crippen LogP contribution in [-0.4, -0.2) is 22.6 Å². The fourth-order valence-electron chi connectivity index (χ4n) is 2.25. The number of benzene rings is 2. The second kappa shape index (κ2) is 6.84. The number of H-pyrrole nitrogens is 1. The highest BCUT2D eigenvalue weighted by Crippen LogP contribution is 2.36. The van der Waals surface area contributed by atoms with Crippen LogP contribution in [0.2, 0.25) is 0 Å². The topological polar surface area (TPSA) is 87.0 Å². The minimum Gasteiger partial charge on any atom is -0.494 e. The lowest BCUT2D eigenvalue weighted by molar-refractivity contribution is 0.0995. The Balaban J connectivity index is 1.86. The molecular formula is C17H14BrN3O3. The molecule has 2 N–H and O–H groups in total. The summed E-state index contributed by atoms with van der Waals surface area (Å²) in [6.07, 6.45) is 0. The van der Waals surface area contributed by atoms with Gasteiger partial charge in [-0.15, -0.1) is 10.2 Å². The number of nitrogens with one attached hydrogen (secondary N) is 1. The lowest BCUT2D eigenvalue weighted by atomic mass is 10.2. The first-order chi connectivity index (χ1) is 11.6. The quantitative estimate of drug-likeness (QED) is 0.620. The highest BCUT2D eigenvalue weighted by atomic mass is 79.9. The third kappa shape index (κ3) is 3.30. The van der Waals surface area contributed by atoms with Gasteiger partial charge in [0.25, 0.3) is 5.91 Å². The number of aromatic amines is 1. The number of hydrogen-bond acceptors (Lipinski definition) is 4. The van der Waals surface area contributed by atoms with Crippen molar-refractivity contribution in [1.82, 2.24) is 4.98 Å². The highest BCUT2D eigenvalue weighted by molar-refractivity contribution is 9.10. The molecule has 3 rings (SSSR count). The molecule has 0 saturated heterocycles. The smallest absolute Gasteiger partial charge is 0.295 e. The van der Waals surface area contributed by atoms with Crippen LogP contribution in [0.25, 0.3) is 10.9 Å². The summed E-state index contributed by atoms with van der Waals surface area (Å²) in [5.41, 5.74) is 1.33. The van der Waals surface area contributed by atoms with E-state index in [0.717, 1.165) is 4.47 Å². The van der Waals surface area contributed by atoms with Crippen molar-refractivity contribution in [2.75, 3.05) is 6.61 Å². The van der Waals surface area contributed by atoms with Crippen LogP contribution in [0.5, 0.6) is 11.6 Å². The molecule has 0 radical (unpaired) electrons. The Labute approximate surface area is 146 Å². The molecule has 1 amide bonds. The van der Waals surface area contributed by atoms with Crippen LogP contribution in [0.1, 0.15) is 17.3 Å². The van der Waals surface area contributed by atoms with E-state index in [-0.39, 0.29) is 11.6 Å². The van der Waals surface area contributed by atoms with Crippen molar-refractivity contribution in [3.05, 3.63) is 52.5 Å². The lowest BCUT2D eigenvalue weighted by Crippen LogP contribution is -1.95. The summed E-state index contributed by atoms with van der Waals surface area (Å²) in [6.45, 7) is 2.45. The zero-order chi connectivity index (χ0) is 17.1. The number of amides is 1. The molecule has 0 atom stereocenters. The van der Waals surface area contributed by atoms with Gasteiger partial charge >= 0.3 is 0 Å². The number of aromatic hydroxyl groups is 1. The first-order valence-corrected chi connectivity index (χ1v) is 8.07. The summed E-state index contributed by atoms with van der Waals surface area (Å²) in [4.78, 5) is 14.9. The Bertz CT molecular complexity index is 917. The van der Waals surface area contributed by atoms with Gasteiger partial charge in [-0.1, -0.05) is 15.9 Å². The highest BCUT2D eigenvalue weighted by Gasteiger charge is 2.12. The van der Waals surface area contributed by atoms with Crippen molar-refractivity contribution in [2.24, 2.45) is 10.2 Å².